The summed E-state index contributed by atoms with van der Waals surface area (Å²) < 4.78 is 2.07. The van der Waals surface area contributed by atoms with Crippen LogP contribution in [0.4, 0.5) is 0 Å². The zero-order chi connectivity index (χ0) is 20.6. The molecule has 0 radical (unpaired) electrons. The van der Waals surface area contributed by atoms with E-state index in [4.69, 9.17) is 16.6 Å². The predicted molar refractivity (Wildman–Crippen MR) is 119 cm³/mol. The molecule has 0 unspecified atom stereocenters. The third-order valence-corrected chi connectivity index (χ3v) is 5.46. The van der Waals surface area contributed by atoms with E-state index in [1.54, 1.807) is 0 Å². The van der Waals surface area contributed by atoms with Crippen LogP contribution in [0.25, 0.3) is 16.9 Å². The maximum Gasteiger partial charge on any atom is 0.220 e. The van der Waals surface area contributed by atoms with Gasteiger partial charge in [0, 0.05) is 29.7 Å². The average molecular weight is 413 g/mol. The molecule has 0 aliphatic rings. The molecule has 0 bridgehead atoms. The van der Waals surface area contributed by atoms with Gasteiger partial charge in [-0.05, 0) is 56.7 Å². The fourth-order valence-electron chi connectivity index (χ4n) is 3.51. The second-order valence-electron chi connectivity index (χ2n) is 7.07. The van der Waals surface area contributed by atoms with Crippen molar-refractivity contribution in [1.82, 2.24) is 19.6 Å². The van der Waals surface area contributed by atoms with Crippen LogP contribution in [0.3, 0.4) is 0 Å². The second-order valence-corrected chi connectivity index (χ2v) is 7.51. The molecule has 0 fully saturated rings. The van der Waals surface area contributed by atoms with Gasteiger partial charge in [0.15, 0.2) is 0 Å². The molecule has 0 spiro atoms. The molecule has 0 saturated heterocycles. The number of nitrogens with one attached hydrogen (secondary N) is 1. The van der Waals surface area contributed by atoms with E-state index in [0.717, 1.165) is 48.7 Å². The van der Waals surface area contributed by atoms with Crippen molar-refractivity contribution in [3.05, 3.63) is 59.4 Å². The summed E-state index contributed by atoms with van der Waals surface area (Å²) in [6, 6.07) is 13.6. The van der Waals surface area contributed by atoms with Gasteiger partial charge in [-0.1, -0.05) is 43.6 Å². The molecule has 0 atom stereocenters. The lowest BCUT2D eigenvalue weighted by atomic mass is 10.1. The Labute approximate surface area is 177 Å². The molecule has 2 heterocycles. The summed E-state index contributed by atoms with van der Waals surface area (Å²) in [5, 5.41) is 3.75. The number of benzene rings is 1. The minimum absolute atomic E-state index is 0.0810. The molecule has 2 aromatic heterocycles. The van der Waals surface area contributed by atoms with E-state index in [1.807, 2.05) is 48.7 Å². The Balaban J connectivity index is 1.65. The monoisotopic (exact) mass is 412 g/mol. The van der Waals surface area contributed by atoms with E-state index in [9.17, 15) is 4.79 Å². The Kier molecular flexibility index (Phi) is 7.67. The molecule has 3 aromatic rings. The Morgan fingerprint density at radius 1 is 1.14 bits per heavy atom. The number of carbonyl (C=O) groups is 1. The van der Waals surface area contributed by atoms with Crippen molar-refractivity contribution in [2.75, 3.05) is 26.2 Å². The summed E-state index contributed by atoms with van der Waals surface area (Å²) in [6.45, 7) is 8.15. The van der Waals surface area contributed by atoms with Gasteiger partial charge in [-0.15, -0.1) is 0 Å². The van der Waals surface area contributed by atoms with Gasteiger partial charge in [-0.3, -0.25) is 4.79 Å². The van der Waals surface area contributed by atoms with Gasteiger partial charge >= 0.3 is 0 Å². The van der Waals surface area contributed by atoms with Crippen molar-refractivity contribution in [2.45, 2.75) is 33.1 Å². The third-order valence-electron chi connectivity index (χ3n) is 5.20. The Bertz CT molecular complexity index is 932. The molecule has 0 saturated carbocycles. The number of aromatic nitrogens is 2. The van der Waals surface area contributed by atoms with Gasteiger partial charge in [0.1, 0.15) is 5.65 Å². The molecule has 5 nitrogen and oxygen atoms in total. The summed E-state index contributed by atoms with van der Waals surface area (Å²) in [5.41, 5.74) is 3.84. The minimum atomic E-state index is 0.0810. The largest absolute Gasteiger partial charge is 0.356 e. The number of pyridine rings is 1. The average Bonchev–Trinajstić information content (AvgIpc) is 3.11. The highest BCUT2D eigenvalue weighted by atomic mass is 35.5. The molecule has 1 N–H and O–H groups in total. The van der Waals surface area contributed by atoms with Gasteiger partial charge < -0.3 is 14.6 Å². The highest BCUT2D eigenvalue weighted by Gasteiger charge is 2.15. The van der Waals surface area contributed by atoms with Gasteiger partial charge in [0.2, 0.25) is 5.91 Å². The molecule has 1 amide bonds. The summed E-state index contributed by atoms with van der Waals surface area (Å²) >= 11 is 6.04. The standard InChI is InChI=1S/C23H29ClN4O/c1-3-27(4-2)16-7-15-25-22(29)14-13-20-23(18-9-11-19(24)12-10-18)26-21-8-5-6-17-28(20)21/h5-6,8-12,17H,3-4,7,13-16H2,1-2H3,(H,25,29). The van der Waals surface area contributed by atoms with E-state index in [0.29, 0.717) is 24.4 Å². The van der Waals surface area contributed by atoms with E-state index >= 15 is 0 Å². The summed E-state index contributed by atoms with van der Waals surface area (Å²) in [6.07, 6.45) is 4.04. The quantitative estimate of drug-likeness (QED) is 0.501. The first kappa shape index (κ1) is 21.3. The van der Waals surface area contributed by atoms with E-state index in [1.165, 1.54) is 0 Å². The summed E-state index contributed by atoms with van der Waals surface area (Å²) in [4.78, 5) is 19.5. The Morgan fingerprint density at radius 2 is 1.90 bits per heavy atom. The molecule has 1 aromatic carbocycles. The molecular weight excluding hydrogens is 384 g/mol. The number of carbonyl (C=O) groups excluding carboxylic acids is 1. The number of hydrogen-bond acceptors (Lipinski definition) is 3. The van der Waals surface area contributed by atoms with Crippen molar-refractivity contribution in [3.8, 4) is 11.3 Å². The predicted octanol–water partition coefficient (Wildman–Crippen LogP) is 4.44. The van der Waals surface area contributed by atoms with Crippen LogP contribution in [-0.4, -0.2) is 46.4 Å². The first-order chi connectivity index (χ1) is 14.1. The first-order valence-electron chi connectivity index (χ1n) is 10.3. The van der Waals surface area contributed by atoms with Crippen LogP contribution < -0.4 is 5.32 Å². The Morgan fingerprint density at radius 3 is 2.62 bits per heavy atom. The molecule has 0 aliphatic heterocycles. The molecular formula is C23H29ClN4O. The number of rotatable bonds is 10. The van der Waals surface area contributed by atoms with E-state index in [-0.39, 0.29) is 5.91 Å². The van der Waals surface area contributed by atoms with Crippen LogP contribution in [0.15, 0.2) is 48.7 Å². The third kappa shape index (κ3) is 5.58. The summed E-state index contributed by atoms with van der Waals surface area (Å²) in [7, 11) is 0. The molecule has 0 aliphatic carbocycles. The van der Waals surface area contributed by atoms with Crippen LogP contribution in [-0.2, 0) is 11.2 Å². The zero-order valence-corrected chi connectivity index (χ0v) is 18.0. The maximum atomic E-state index is 12.4. The molecule has 3 rings (SSSR count). The van der Waals surface area contributed by atoms with E-state index in [2.05, 4.69) is 28.5 Å². The lowest BCUT2D eigenvalue weighted by molar-refractivity contribution is -0.121. The normalized spacial score (nSPS) is 11.3. The zero-order valence-electron chi connectivity index (χ0n) is 17.2. The topological polar surface area (TPSA) is 49.6 Å². The van der Waals surface area contributed by atoms with Crippen molar-refractivity contribution in [3.63, 3.8) is 0 Å². The fourth-order valence-corrected chi connectivity index (χ4v) is 3.64. The van der Waals surface area contributed by atoms with Crippen molar-refractivity contribution >= 4 is 23.2 Å². The highest BCUT2D eigenvalue weighted by Crippen LogP contribution is 2.26. The maximum absolute atomic E-state index is 12.4. The number of aryl methyl sites for hydroxylation is 1. The van der Waals surface area contributed by atoms with Crippen LogP contribution >= 0.6 is 11.6 Å². The lowest BCUT2D eigenvalue weighted by Crippen LogP contribution is -2.30. The smallest absolute Gasteiger partial charge is 0.220 e. The number of amides is 1. The molecule has 6 heteroatoms. The second kappa shape index (κ2) is 10.4. The van der Waals surface area contributed by atoms with Crippen molar-refractivity contribution < 1.29 is 4.79 Å². The summed E-state index contributed by atoms with van der Waals surface area (Å²) in [5.74, 6) is 0.0810. The number of fused-ring (bicyclic) bond motifs is 1. The number of hydrogen-bond donors (Lipinski definition) is 1. The number of imidazole rings is 1. The van der Waals surface area contributed by atoms with Gasteiger partial charge in [0.05, 0.1) is 11.4 Å². The number of nitrogens with zero attached hydrogens (tertiary/aromatic N) is 3. The van der Waals surface area contributed by atoms with Gasteiger partial charge in [0.25, 0.3) is 0 Å². The molecule has 29 heavy (non-hydrogen) atoms. The lowest BCUT2D eigenvalue weighted by Gasteiger charge is -2.17. The highest BCUT2D eigenvalue weighted by molar-refractivity contribution is 6.30. The van der Waals surface area contributed by atoms with Gasteiger partial charge in [-0.25, -0.2) is 4.98 Å². The van der Waals surface area contributed by atoms with Crippen LogP contribution in [0, 0.1) is 0 Å². The Hall–Kier alpha value is -2.37. The fraction of sp³-hybridized carbons (Fsp3) is 0.391. The van der Waals surface area contributed by atoms with Crippen LogP contribution in [0.1, 0.15) is 32.4 Å². The van der Waals surface area contributed by atoms with Crippen LogP contribution in [0.5, 0.6) is 0 Å². The first-order valence-corrected chi connectivity index (χ1v) is 10.7. The van der Waals surface area contributed by atoms with E-state index < -0.39 is 0 Å². The van der Waals surface area contributed by atoms with Crippen molar-refractivity contribution in [2.24, 2.45) is 0 Å². The van der Waals surface area contributed by atoms with Gasteiger partial charge in [-0.2, -0.15) is 0 Å². The minimum Gasteiger partial charge on any atom is -0.356 e. The van der Waals surface area contributed by atoms with Crippen molar-refractivity contribution in [1.29, 1.82) is 0 Å². The SMILES string of the molecule is CCN(CC)CCCNC(=O)CCc1c(-c2ccc(Cl)cc2)nc2ccccn12. The van der Waals surface area contributed by atoms with Crippen LogP contribution in [0.2, 0.25) is 5.02 Å². The number of halogens is 1. The molecule has 154 valence electrons.